The molecule has 1 aromatic carbocycles. The van der Waals surface area contributed by atoms with Crippen LogP contribution in [-0.2, 0) is 14.3 Å². The number of terminal acetylenes is 1. The van der Waals surface area contributed by atoms with Crippen molar-refractivity contribution in [2.24, 2.45) is 0 Å². The standard InChI is InChI=1S/C24H35N3O6/c1-7-9-10-13-25-21(30)20(17-11-12-19(29)16(3)14-17)27(8-2)22(31)18(15-28)26-23(32)33-24(4,5)6/h2,11-12,14,18,20,28-29H,7,9-10,13,15H2,1,3-6H3,(H,25,30)(H,26,32). The number of nitrogens with one attached hydrogen (secondary N) is 2. The third kappa shape index (κ3) is 8.66. The lowest BCUT2D eigenvalue weighted by atomic mass is 10.0. The molecule has 0 heterocycles. The molecule has 0 bridgehead atoms. The van der Waals surface area contributed by atoms with Crippen LogP contribution >= 0.6 is 0 Å². The van der Waals surface area contributed by atoms with Crippen molar-refractivity contribution in [3.8, 4) is 18.2 Å². The Balaban J connectivity index is 3.24. The van der Waals surface area contributed by atoms with Crippen molar-refractivity contribution < 1.29 is 29.3 Å². The highest BCUT2D eigenvalue weighted by molar-refractivity contribution is 5.93. The number of ether oxygens (including phenoxy) is 1. The van der Waals surface area contributed by atoms with E-state index in [0.717, 1.165) is 24.2 Å². The SMILES string of the molecule is C#CN(C(=O)C(CO)NC(=O)OC(C)(C)C)C(C(=O)NCCCCC)c1ccc(O)c(C)c1. The average molecular weight is 462 g/mol. The van der Waals surface area contributed by atoms with Crippen LogP contribution in [0.25, 0.3) is 0 Å². The van der Waals surface area contributed by atoms with Crippen LogP contribution in [-0.4, -0.2) is 57.8 Å². The average Bonchev–Trinajstić information content (AvgIpc) is 2.73. The quantitative estimate of drug-likeness (QED) is 0.241. The van der Waals surface area contributed by atoms with E-state index in [1.54, 1.807) is 33.8 Å². The Morgan fingerprint density at radius 3 is 2.42 bits per heavy atom. The first-order valence-corrected chi connectivity index (χ1v) is 10.9. The van der Waals surface area contributed by atoms with Gasteiger partial charge in [-0.05, 0) is 57.4 Å². The number of hydrogen-bond acceptors (Lipinski definition) is 6. The van der Waals surface area contributed by atoms with Crippen LogP contribution in [0.3, 0.4) is 0 Å². The molecule has 0 saturated carbocycles. The van der Waals surface area contributed by atoms with Crippen LogP contribution in [0.5, 0.6) is 5.75 Å². The van der Waals surface area contributed by atoms with Gasteiger partial charge in [0.25, 0.3) is 5.91 Å². The van der Waals surface area contributed by atoms with Crippen LogP contribution in [0, 0.1) is 19.4 Å². The molecule has 9 heteroatoms. The molecule has 1 aromatic rings. The maximum Gasteiger partial charge on any atom is 0.408 e. The summed E-state index contributed by atoms with van der Waals surface area (Å²) in [6.45, 7) is 8.29. The molecule has 182 valence electrons. The summed E-state index contributed by atoms with van der Waals surface area (Å²) in [5, 5.41) is 24.7. The summed E-state index contributed by atoms with van der Waals surface area (Å²) in [5.74, 6) is -1.35. The molecule has 2 unspecified atom stereocenters. The van der Waals surface area contributed by atoms with Gasteiger partial charge in [-0.1, -0.05) is 32.3 Å². The number of nitrogens with zero attached hydrogens (tertiary/aromatic N) is 1. The molecular formula is C24H35N3O6. The summed E-state index contributed by atoms with van der Waals surface area (Å²) >= 11 is 0. The molecule has 0 aliphatic rings. The molecule has 3 amide bonds. The Morgan fingerprint density at radius 1 is 1.24 bits per heavy atom. The number of aliphatic hydroxyl groups is 1. The first kappa shape index (κ1) is 27.8. The lowest BCUT2D eigenvalue weighted by molar-refractivity contribution is -0.139. The molecule has 9 nitrogen and oxygen atoms in total. The van der Waals surface area contributed by atoms with Crippen molar-refractivity contribution in [2.45, 2.75) is 71.6 Å². The zero-order valence-electron chi connectivity index (χ0n) is 20.0. The number of alkyl carbamates (subject to hydrolysis) is 1. The highest BCUT2D eigenvalue weighted by Crippen LogP contribution is 2.26. The van der Waals surface area contributed by atoms with Gasteiger partial charge in [0, 0.05) is 12.6 Å². The topological polar surface area (TPSA) is 128 Å². The maximum absolute atomic E-state index is 13.2. The van der Waals surface area contributed by atoms with Crippen LogP contribution in [0.4, 0.5) is 4.79 Å². The van der Waals surface area contributed by atoms with Crippen LogP contribution in [0.2, 0.25) is 0 Å². The predicted octanol–water partition coefficient (Wildman–Crippen LogP) is 2.35. The van der Waals surface area contributed by atoms with Crippen LogP contribution in [0.1, 0.15) is 64.1 Å². The number of aliphatic hydroxyl groups excluding tert-OH is 1. The van der Waals surface area contributed by atoms with Gasteiger partial charge in [-0.15, -0.1) is 0 Å². The number of carbonyl (C=O) groups is 3. The Kier molecular flexibility index (Phi) is 10.7. The molecule has 0 aliphatic carbocycles. The number of phenols is 1. The van der Waals surface area contributed by atoms with Crippen molar-refractivity contribution in [2.75, 3.05) is 13.2 Å². The Bertz CT molecular complexity index is 872. The van der Waals surface area contributed by atoms with Crippen LogP contribution < -0.4 is 10.6 Å². The number of phenolic OH excluding ortho intramolecular Hbond substituents is 1. The maximum atomic E-state index is 13.2. The number of amides is 3. The number of rotatable bonds is 10. The summed E-state index contributed by atoms with van der Waals surface area (Å²) in [4.78, 5) is 39.2. The van der Waals surface area contributed by atoms with Gasteiger partial charge in [-0.2, -0.15) is 0 Å². The van der Waals surface area contributed by atoms with Crippen molar-refractivity contribution in [1.82, 2.24) is 15.5 Å². The van der Waals surface area contributed by atoms with Gasteiger partial charge in [0.15, 0.2) is 0 Å². The largest absolute Gasteiger partial charge is 0.508 e. The van der Waals surface area contributed by atoms with E-state index >= 15 is 0 Å². The van der Waals surface area contributed by atoms with Crippen molar-refractivity contribution in [1.29, 1.82) is 0 Å². The minimum absolute atomic E-state index is 0.0271. The molecule has 0 saturated heterocycles. The molecular weight excluding hydrogens is 426 g/mol. The number of unbranched alkanes of at least 4 members (excludes halogenated alkanes) is 2. The summed E-state index contributed by atoms with van der Waals surface area (Å²) in [7, 11) is 0. The molecule has 33 heavy (non-hydrogen) atoms. The van der Waals surface area contributed by atoms with E-state index in [0.29, 0.717) is 17.7 Å². The number of benzene rings is 1. The zero-order chi connectivity index (χ0) is 25.2. The molecule has 0 fully saturated rings. The van der Waals surface area contributed by atoms with Gasteiger partial charge >= 0.3 is 6.09 Å². The fourth-order valence-electron chi connectivity index (χ4n) is 3.02. The fraction of sp³-hybridized carbons (Fsp3) is 0.542. The van der Waals surface area contributed by atoms with E-state index in [1.807, 2.05) is 6.92 Å². The lowest BCUT2D eigenvalue weighted by Crippen LogP contribution is -2.53. The molecule has 2 atom stereocenters. The second-order valence-electron chi connectivity index (χ2n) is 8.67. The first-order chi connectivity index (χ1) is 15.4. The number of hydrogen-bond donors (Lipinski definition) is 4. The molecule has 0 radical (unpaired) electrons. The number of carbonyl (C=O) groups excluding carboxylic acids is 3. The first-order valence-electron chi connectivity index (χ1n) is 10.9. The normalized spacial score (nSPS) is 12.8. The van der Waals surface area contributed by atoms with Crippen molar-refractivity contribution >= 4 is 17.9 Å². The Morgan fingerprint density at radius 2 is 1.91 bits per heavy atom. The Labute approximate surface area is 195 Å². The summed E-state index contributed by atoms with van der Waals surface area (Å²) < 4.78 is 5.14. The van der Waals surface area contributed by atoms with Crippen molar-refractivity contribution in [3.63, 3.8) is 0 Å². The number of aryl methyl sites for hydroxylation is 1. The third-order valence-electron chi connectivity index (χ3n) is 4.67. The predicted molar refractivity (Wildman–Crippen MR) is 124 cm³/mol. The molecule has 0 aromatic heterocycles. The van der Waals surface area contributed by atoms with Crippen LogP contribution in [0.15, 0.2) is 18.2 Å². The molecule has 1 rings (SSSR count). The minimum Gasteiger partial charge on any atom is -0.508 e. The van der Waals surface area contributed by atoms with E-state index in [1.165, 1.54) is 12.1 Å². The van der Waals surface area contributed by atoms with Gasteiger partial charge < -0.3 is 25.6 Å². The van der Waals surface area contributed by atoms with E-state index in [-0.39, 0.29) is 5.75 Å². The third-order valence-corrected chi connectivity index (χ3v) is 4.67. The summed E-state index contributed by atoms with van der Waals surface area (Å²) in [6.07, 6.45) is 7.36. The molecule has 4 N–H and O–H groups in total. The zero-order valence-corrected chi connectivity index (χ0v) is 20.0. The monoisotopic (exact) mass is 461 g/mol. The Hall–Kier alpha value is -3.25. The van der Waals surface area contributed by atoms with Gasteiger partial charge in [-0.3, -0.25) is 14.5 Å². The minimum atomic E-state index is -1.43. The number of aromatic hydroxyl groups is 1. The van der Waals surface area contributed by atoms with Gasteiger partial charge in [0.1, 0.15) is 23.4 Å². The van der Waals surface area contributed by atoms with E-state index in [2.05, 4.69) is 16.7 Å². The summed E-state index contributed by atoms with van der Waals surface area (Å²) in [6, 6.07) is 4.00. The van der Waals surface area contributed by atoms with Gasteiger partial charge in [0.05, 0.1) is 6.61 Å². The lowest BCUT2D eigenvalue weighted by Gasteiger charge is -2.30. The van der Waals surface area contributed by atoms with Gasteiger partial charge in [0.2, 0.25) is 5.91 Å². The summed E-state index contributed by atoms with van der Waals surface area (Å²) in [5.41, 5.74) is 0.0495. The fourth-order valence-corrected chi connectivity index (χ4v) is 3.02. The van der Waals surface area contributed by atoms with E-state index in [4.69, 9.17) is 11.2 Å². The van der Waals surface area contributed by atoms with Gasteiger partial charge in [-0.25, -0.2) is 4.79 Å². The second kappa shape index (κ2) is 12.7. The van der Waals surface area contributed by atoms with E-state index < -0.39 is 42.2 Å². The molecule has 0 spiro atoms. The highest BCUT2D eigenvalue weighted by atomic mass is 16.6. The molecule has 0 aliphatic heterocycles. The highest BCUT2D eigenvalue weighted by Gasteiger charge is 2.35. The van der Waals surface area contributed by atoms with E-state index in [9.17, 15) is 24.6 Å². The van der Waals surface area contributed by atoms with Crippen molar-refractivity contribution in [3.05, 3.63) is 29.3 Å². The second-order valence-corrected chi connectivity index (χ2v) is 8.67. The smallest absolute Gasteiger partial charge is 0.408 e.